The highest BCUT2D eigenvalue weighted by Gasteiger charge is 2.32. The molecule has 2 amide bonds. The third kappa shape index (κ3) is 8.19. The molecule has 220 valence electrons. The molecule has 0 aliphatic rings. The van der Waals surface area contributed by atoms with Crippen molar-refractivity contribution < 1.29 is 18.0 Å². The summed E-state index contributed by atoms with van der Waals surface area (Å²) in [4.78, 5) is 28.8. The van der Waals surface area contributed by atoms with Gasteiger partial charge in [0.1, 0.15) is 12.6 Å². The molecule has 41 heavy (non-hydrogen) atoms. The van der Waals surface area contributed by atoms with Crippen molar-refractivity contribution in [1.82, 2.24) is 10.2 Å². The summed E-state index contributed by atoms with van der Waals surface area (Å²) >= 11 is 0. The summed E-state index contributed by atoms with van der Waals surface area (Å²) in [5, 5.41) is 2.96. The molecule has 0 radical (unpaired) electrons. The van der Waals surface area contributed by atoms with Gasteiger partial charge in [0.05, 0.1) is 10.6 Å². The van der Waals surface area contributed by atoms with Gasteiger partial charge in [0.15, 0.2) is 0 Å². The number of rotatable bonds is 12. The average molecular weight is 578 g/mol. The minimum absolute atomic E-state index is 0.0563. The second-order valence-electron chi connectivity index (χ2n) is 11.1. The van der Waals surface area contributed by atoms with Crippen LogP contribution >= 0.6 is 0 Å². The number of benzene rings is 3. The van der Waals surface area contributed by atoms with Crippen molar-refractivity contribution >= 4 is 27.5 Å². The minimum atomic E-state index is -4.09. The lowest BCUT2D eigenvalue weighted by molar-refractivity contribution is -0.139. The molecular formula is C33H43N3O4S. The molecule has 3 aromatic carbocycles. The van der Waals surface area contributed by atoms with Crippen LogP contribution in [0.25, 0.3) is 0 Å². The van der Waals surface area contributed by atoms with Crippen molar-refractivity contribution in [2.24, 2.45) is 0 Å². The van der Waals surface area contributed by atoms with Crippen molar-refractivity contribution in [3.8, 4) is 0 Å². The predicted octanol–water partition coefficient (Wildman–Crippen LogP) is 5.95. The Bertz CT molecular complexity index is 1420. The van der Waals surface area contributed by atoms with Gasteiger partial charge in [0.2, 0.25) is 11.8 Å². The zero-order valence-corrected chi connectivity index (χ0v) is 26.0. The largest absolute Gasteiger partial charge is 0.352 e. The number of aryl methyl sites for hydroxylation is 2. The number of carbonyl (C=O) groups is 2. The molecule has 0 saturated carbocycles. The Kier molecular flexibility index (Phi) is 10.7. The number of hydrogen-bond donors (Lipinski definition) is 1. The smallest absolute Gasteiger partial charge is 0.264 e. The fourth-order valence-electron chi connectivity index (χ4n) is 4.33. The predicted molar refractivity (Wildman–Crippen MR) is 165 cm³/mol. The molecule has 0 fully saturated rings. The average Bonchev–Trinajstić information content (AvgIpc) is 2.95. The van der Waals surface area contributed by atoms with Crippen LogP contribution in [0.5, 0.6) is 0 Å². The van der Waals surface area contributed by atoms with Gasteiger partial charge in [-0.15, -0.1) is 0 Å². The van der Waals surface area contributed by atoms with Crippen LogP contribution < -0.4 is 9.62 Å². The summed E-state index contributed by atoms with van der Waals surface area (Å²) in [6, 6.07) is 20.7. The van der Waals surface area contributed by atoms with Gasteiger partial charge in [-0.05, 0) is 75.4 Å². The second-order valence-corrected chi connectivity index (χ2v) is 12.9. The molecule has 0 aliphatic heterocycles. The maximum absolute atomic E-state index is 14.0. The topological polar surface area (TPSA) is 86.8 Å². The first kappa shape index (κ1) is 31.9. The van der Waals surface area contributed by atoms with Gasteiger partial charge in [0.25, 0.3) is 10.0 Å². The van der Waals surface area contributed by atoms with E-state index < -0.39 is 28.5 Å². The van der Waals surface area contributed by atoms with E-state index in [2.05, 4.69) is 19.2 Å². The number of anilines is 1. The molecule has 0 saturated heterocycles. The maximum Gasteiger partial charge on any atom is 0.264 e. The standard InChI is InChI=1S/C33H43N3O4S/c1-8-26(6)34-33(38)27(7)35(21-28-13-9-24(4)10-14-28)32(37)22-36(30-17-15-29(16-18-30)23(2)3)41(39,40)31-19-11-25(5)12-20-31/h9-20,23,26-27H,8,21-22H2,1-7H3,(H,34,38)/t26-,27-/m0/s1. The van der Waals surface area contributed by atoms with E-state index in [0.29, 0.717) is 5.69 Å². The van der Waals surface area contributed by atoms with Crippen molar-refractivity contribution in [2.45, 2.75) is 84.3 Å². The van der Waals surface area contributed by atoms with Gasteiger partial charge in [-0.1, -0.05) is 80.4 Å². The summed E-state index contributed by atoms with van der Waals surface area (Å²) in [5.74, 6) is -0.488. The number of sulfonamides is 1. The Hall–Kier alpha value is -3.65. The summed E-state index contributed by atoms with van der Waals surface area (Å²) in [7, 11) is -4.09. The molecule has 0 bridgehead atoms. The lowest BCUT2D eigenvalue weighted by atomic mass is 10.0. The highest BCUT2D eigenvalue weighted by Crippen LogP contribution is 2.27. The summed E-state index contributed by atoms with van der Waals surface area (Å²) in [6.07, 6.45) is 0.749. The molecule has 0 aliphatic carbocycles. The van der Waals surface area contributed by atoms with E-state index in [1.54, 1.807) is 43.3 Å². The SMILES string of the molecule is CC[C@H](C)NC(=O)[C@H](C)N(Cc1ccc(C)cc1)C(=O)CN(c1ccc(C(C)C)cc1)S(=O)(=O)c1ccc(C)cc1. The first-order valence-corrected chi connectivity index (χ1v) is 15.6. The first-order valence-electron chi connectivity index (χ1n) is 14.2. The van der Waals surface area contributed by atoms with Crippen LogP contribution in [-0.2, 0) is 26.2 Å². The highest BCUT2D eigenvalue weighted by molar-refractivity contribution is 7.92. The van der Waals surface area contributed by atoms with Gasteiger partial charge in [-0.2, -0.15) is 0 Å². The van der Waals surface area contributed by atoms with E-state index in [-0.39, 0.29) is 29.3 Å². The van der Waals surface area contributed by atoms with Crippen molar-refractivity contribution in [3.05, 3.63) is 95.1 Å². The van der Waals surface area contributed by atoms with Gasteiger partial charge >= 0.3 is 0 Å². The Balaban J connectivity index is 2.03. The fraction of sp³-hybridized carbons (Fsp3) is 0.394. The third-order valence-electron chi connectivity index (χ3n) is 7.38. The summed E-state index contributed by atoms with van der Waals surface area (Å²) in [6.45, 7) is 13.3. The Morgan fingerprint density at radius 1 is 0.805 bits per heavy atom. The van der Waals surface area contributed by atoms with Crippen LogP contribution in [0, 0.1) is 13.8 Å². The lowest BCUT2D eigenvalue weighted by Crippen LogP contribution is -2.52. The van der Waals surface area contributed by atoms with E-state index in [1.807, 2.05) is 64.1 Å². The number of nitrogens with one attached hydrogen (secondary N) is 1. The van der Waals surface area contributed by atoms with Crippen LogP contribution in [0.1, 0.15) is 69.2 Å². The number of carbonyl (C=O) groups excluding carboxylic acids is 2. The van der Waals surface area contributed by atoms with Gasteiger partial charge in [-0.25, -0.2) is 8.42 Å². The summed E-state index contributed by atoms with van der Waals surface area (Å²) < 4.78 is 29.1. The second kappa shape index (κ2) is 13.8. The number of amides is 2. The molecule has 8 heteroatoms. The fourth-order valence-corrected chi connectivity index (χ4v) is 5.74. The molecule has 0 spiro atoms. The summed E-state index contributed by atoms with van der Waals surface area (Å²) in [5.41, 5.74) is 4.30. The van der Waals surface area contributed by atoms with E-state index in [1.165, 1.54) is 4.90 Å². The van der Waals surface area contributed by atoms with Gasteiger partial charge in [0, 0.05) is 12.6 Å². The molecule has 7 nitrogen and oxygen atoms in total. The third-order valence-corrected chi connectivity index (χ3v) is 9.17. The van der Waals surface area contributed by atoms with Gasteiger partial charge < -0.3 is 10.2 Å². The van der Waals surface area contributed by atoms with E-state index in [0.717, 1.165) is 33.0 Å². The number of nitrogens with zero attached hydrogens (tertiary/aromatic N) is 2. The first-order chi connectivity index (χ1) is 19.3. The zero-order chi connectivity index (χ0) is 30.3. The molecule has 0 heterocycles. The quantitative estimate of drug-likeness (QED) is 0.288. The zero-order valence-electron chi connectivity index (χ0n) is 25.2. The van der Waals surface area contributed by atoms with E-state index in [4.69, 9.17) is 0 Å². The molecule has 0 aromatic heterocycles. The molecule has 1 N–H and O–H groups in total. The monoisotopic (exact) mass is 577 g/mol. The Morgan fingerprint density at radius 2 is 1.34 bits per heavy atom. The van der Waals surface area contributed by atoms with Gasteiger partial charge in [-0.3, -0.25) is 13.9 Å². The van der Waals surface area contributed by atoms with Crippen molar-refractivity contribution in [1.29, 1.82) is 0 Å². The van der Waals surface area contributed by atoms with E-state index >= 15 is 0 Å². The molecular weight excluding hydrogens is 534 g/mol. The van der Waals surface area contributed by atoms with Crippen LogP contribution in [0.2, 0.25) is 0 Å². The Morgan fingerprint density at radius 3 is 1.85 bits per heavy atom. The molecule has 3 rings (SSSR count). The van der Waals surface area contributed by atoms with Crippen LogP contribution in [0.3, 0.4) is 0 Å². The van der Waals surface area contributed by atoms with Crippen LogP contribution in [-0.4, -0.2) is 43.8 Å². The molecule has 3 aromatic rings. The van der Waals surface area contributed by atoms with E-state index in [9.17, 15) is 18.0 Å². The Labute approximate surface area is 245 Å². The molecule has 0 unspecified atom stereocenters. The number of hydrogen-bond acceptors (Lipinski definition) is 4. The normalized spacial score (nSPS) is 13.0. The maximum atomic E-state index is 14.0. The lowest BCUT2D eigenvalue weighted by Gasteiger charge is -2.32. The van der Waals surface area contributed by atoms with Crippen LogP contribution in [0.15, 0.2) is 77.7 Å². The van der Waals surface area contributed by atoms with Crippen LogP contribution in [0.4, 0.5) is 5.69 Å². The molecule has 2 atom stereocenters. The minimum Gasteiger partial charge on any atom is -0.352 e. The van der Waals surface area contributed by atoms with Crippen molar-refractivity contribution in [2.75, 3.05) is 10.8 Å². The highest BCUT2D eigenvalue weighted by atomic mass is 32.2. The van der Waals surface area contributed by atoms with Crippen molar-refractivity contribution in [3.63, 3.8) is 0 Å².